The first-order valence-corrected chi connectivity index (χ1v) is 6.90. The number of benzene rings is 1. The molecule has 1 unspecified atom stereocenters. The van der Waals surface area contributed by atoms with Crippen LogP contribution in [0.15, 0.2) is 24.3 Å². The van der Waals surface area contributed by atoms with E-state index < -0.39 is 0 Å². The van der Waals surface area contributed by atoms with Gasteiger partial charge >= 0.3 is 0 Å². The van der Waals surface area contributed by atoms with Crippen molar-refractivity contribution in [2.45, 2.75) is 38.9 Å². The summed E-state index contributed by atoms with van der Waals surface area (Å²) >= 11 is 0. The van der Waals surface area contributed by atoms with Crippen LogP contribution in [0.1, 0.15) is 38.4 Å². The fourth-order valence-electron chi connectivity index (χ4n) is 2.77. The topological polar surface area (TPSA) is 41.6 Å². The van der Waals surface area contributed by atoms with Crippen LogP contribution in [0.4, 0.5) is 0 Å². The number of ether oxygens (including phenoxy) is 1. The Kier molecular flexibility index (Phi) is 4.43. The standard InChI is InChI=1S/C15H22N2O2/c1-4-11(5-2)17-14(18)10-16-15(17)12-8-6-7-9-13(12)19-3/h6-9,11,15-16H,4-5,10H2,1-3H3. The van der Waals surface area contributed by atoms with Crippen molar-refractivity contribution in [1.82, 2.24) is 10.2 Å². The van der Waals surface area contributed by atoms with Crippen molar-refractivity contribution < 1.29 is 9.53 Å². The van der Waals surface area contributed by atoms with Gasteiger partial charge in [0.2, 0.25) is 5.91 Å². The third-order valence-electron chi connectivity index (χ3n) is 3.78. The van der Waals surface area contributed by atoms with Crippen molar-refractivity contribution in [3.05, 3.63) is 29.8 Å². The molecule has 1 N–H and O–H groups in total. The molecule has 104 valence electrons. The minimum atomic E-state index is -0.0754. The monoisotopic (exact) mass is 262 g/mol. The predicted octanol–water partition coefficient (Wildman–Crippen LogP) is 2.31. The number of para-hydroxylation sites is 1. The summed E-state index contributed by atoms with van der Waals surface area (Å²) in [6.07, 6.45) is 1.86. The number of hydrogen-bond acceptors (Lipinski definition) is 3. The number of carbonyl (C=O) groups excluding carboxylic acids is 1. The Morgan fingerprint density at radius 2 is 2.05 bits per heavy atom. The molecule has 0 aliphatic carbocycles. The zero-order chi connectivity index (χ0) is 13.8. The number of rotatable bonds is 5. The third-order valence-corrected chi connectivity index (χ3v) is 3.78. The average molecular weight is 262 g/mol. The molecule has 4 heteroatoms. The van der Waals surface area contributed by atoms with Crippen LogP contribution in [0.3, 0.4) is 0 Å². The van der Waals surface area contributed by atoms with E-state index in [0.29, 0.717) is 6.54 Å². The second kappa shape index (κ2) is 6.06. The van der Waals surface area contributed by atoms with Gasteiger partial charge in [-0.2, -0.15) is 0 Å². The summed E-state index contributed by atoms with van der Waals surface area (Å²) in [6, 6.07) is 8.15. The van der Waals surface area contributed by atoms with Crippen LogP contribution in [0.25, 0.3) is 0 Å². The largest absolute Gasteiger partial charge is 0.496 e. The highest BCUT2D eigenvalue weighted by molar-refractivity contribution is 5.81. The van der Waals surface area contributed by atoms with E-state index in [0.717, 1.165) is 24.2 Å². The molecule has 0 bridgehead atoms. The lowest BCUT2D eigenvalue weighted by molar-refractivity contribution is -0.130. The number of amides is 1. The molecule has 0 spiro atoms. The van der Waals surface area contributed by atoms with E-state index in [-0.39, 0.29) is 18.1 Å². The highest BCUT2D eigenvalue weighted by Crippen LogP contribution is 2.32. The number of hydrogen-bond donors (Lipinski definition) is 1. The molecule has 1 heterocycles. The smallest absolute Gasteiger partial charge is 0.238 e. The lowest BCUT2D eigenvalue weighted by atomic mass is 10.1. The van der Waals surface area contributed by atoms with Crippen LogP contribution in [-0.4, -0.2) is 30.5 Å². The molecule has 2 rings (SSSR count). The van der Waals surface area contributed by atoms with Gasteiger partial charge in [0.15, 0.2) is 0 Å². The van der Waals surface area contributed by atoms with Crippen LogP contribution in [-0.2, 0) is 4.79 Å². The lowest BCUT2D eigenvalue weighted by Gasteiger charge is -2.32. The normalized spacial score (nSPS) is 19.3. The molecular formula is C15H22N2O2. The van der Waals surface area contributed by atoms with E-state index in [1.54, 1.807) is 7.11 Å². The third kappa shape index (κ3) is 2.59. The van der Waals surface area contributed by atoms with Crippen LogP contribution in [0.5, 0.6) is 5.75 Å². The summed E-state index contributed by atoms with van der Waals surface area (Å²) in [5.74, 6) is 0.996. The van der Waals surface area contributed by atoms with E-state index in [4.69, 9.17) is 4.74 Å². The van der Waals surface area contributed by atoms with Gasteiger partial charge in [0.25, 0.3) is 0 Å². The van der Waals surface area contributed by atoms with Crippen molar-refractivity contribution in [3.8, 4) is 5.75 Å². The number of carbonyl (C=O) groups is 1. The summed E-state index contributed by atoms with van der Waals surface area (Å²) in [5.41, 5.74) is 1.03. The van der Waals surface area contributed by atoms with E-state index >= 15 is 0 Å². The highest BCUT2D eigenvalue weighted by atomic mass is 16.5. The van der Waals surface area contributed by atoms with Gasteiger partial charge in [0, 0.05) is 11.6 Å². The van der Waals surface area contributed by atoms with E-state index in [1.165, 1.54) is 0 Å². The summed E-state index contributed by atoms with van der Waals surface area (Å²) in [4.78, 5) is 14.1. The second-order valence-corrected chi connectivity index (χ2v) is 4.80. The second-order valence-electron chi connectivity index (χ2n) is 4.80. The summed E-state index contributed by atoms with van der Waals surface area (Å²) in [5, 5.41) is 3.29. The Balaban J connectivity index is 2.34. The fourth-order valence-corrected chi connectivity index (χ4v) is 2.77. The van der Waals surface area contributed by atoms with Crippen molar-refractivity contribution in [1.29, 1.82) is 0 Å². The van der Waals surface area contributed by atoms with E-state index in [2.05, 4.69) is 19.2 Å². The van der Waals surface area contributed by atoms with E-state index in [9.17, 15) is 4.79 Å². The first-order valence-electron chi connectivity index (χ1n) is 6.90. The van der Waals surface area contributed by atoms with Crippen LogP contribution >= 0.6 is 0 Å². The van der Waals surface area contributed by atoms with Gasteiger partial charge in [-0.05, 0) is 18.9 Å². The molecule has 1 aromatic rings. The fraction of sp³-hybridized carbons (Fsp3) is 0.533. The van der Waals surface area contributed by atoms with Crippen molar-refractivity contribution in [2.24, 2.45) is 0 Å². The van der Waals surface area contributed by atoms with Gasteiger partial charge in [-0.1, -0.05) is 32.0 Å². The Morgan fingerprint density at radius 1 is 1.37 bits per heavy atom. The Morgan fingerprint density at radius 3 is 2.68 bits per heavy atom. The van der Waals surface area contributed by atoms with Crippen LogP contribution in [0, 0.1) is 0 Å². The first kappa shape index (κ1) is 13.9. The number of methoxy groups -OCH3 is 1. The molecule has 19 heavy (non-hydrogen) atoms. The van der Waals surface area contributed by atoms with Crippen molar-refractivity contribution in [3.63, 3.8) is 0 Å². The molecule has 4 nitrogen and oxygen atoms in total. The zero-order valence-corrected chi connectivity index (χ0v) is 11.8. The van der Waals surface area contributed by atoms with Crippen LogP contribution in [0.2, 0.25) is 0 Å². The van der Waals surface area contributed by atoms with E-state index in [1.807, 2.05) is 29.2 Å². The maximum atomic E-state index is 12.1. The molecule has 1 saturated heterocycles. The molecule has 1 atom stereocenters. The number of nitrogens with zero attached hydrogens (tertiary/aromatic N) is 1. The maximum Gasteiger partial charge on any atom is 0.238 e. The molecule has 0 radical (unpaired) electrons. The molecule has 0 aromatic heterocycles. The zero-order valence-electron chi connectivity index (χ0n) is 11.8. The van der Waals surface area contributed by atoms with Gasteiger partial charge in [-0.15, -0.1) is 0 Å². The summed E-state index contributed by atoms with van der Waals surface area (Å²) in [6.45, 7) is 4.65. The summed E-state index contributed by atoms with van der Waals surface area (Å²) < 4.78 is 5.41. The predicted molar refractivity (Wildman–Crippen MR) is 75.0 cm³/mol. The quantitative estimate of drug-likeness (QED) is 0.885. The minimum Gasteiger partial charge on any atom is -0.496 e. The lowest BCUT2D eigenvalue weighted by Crippen LogP contribution is -2.39. The van der Waals surface area contributed by atoms with Gasteiger partial charge in [0.05, 0.1) is 13.7 Å². The summed E-state index contributed by atoms with van der Waals surface area (Å²) in [7, 11) is 1.66. The average Bonchev–Trinajstić information content (AvgIpc) is 2.82. The molecular weight excluding hydrogens is 240 g/mol. The van der Waals surface area contributed by atoms with Gasteiger partial charge < -0.3 is 9.64 Å². The number of nitrogens with one attached hydrogen (secondary N) is 1. The van der Waals surface area contributed by atoms with Crippen LogP contribution < -0.4 is 10.1 Å². The SMILES string of the molecule is CCC(CC)N1C(=O)CNC1c1ccccc1OC. The van der Waals surface area contributed by atoms with Gasteiger partial charge in [-0.25, -0.2) is 0 Å². The Labute approximate surface area is 114 Å². The highest BCUT2D eigenvalue weighted by Gasteiger charge is 2.36. The first-order chi connectivity index (χ1) is 9.22. The molecule has 0 saturated carbocycles. The Bertz CT molecular complexity index is 444. The molecule has 1 aliphatic heterocycles. The maximum absolute atomic E-state index is 12.1. The minimum absolute atomic E-state index is 0.0754. The molecule has 1 aliphatic rings. The molecule has 1 fully saturated rings. The van der Waals surface area contributed by atoms with Gasteiger partial charge in [-0.3, -0.25) is 10.1 Å². The molecule has 1 aromatic carbocycles. The van der Waals surface area contributed by atoms with Gasteiger partial charge in [0.1, 0.15) is 11.9 Å². The van der Waals surface area contributed by atoms with Crippen molar-refractivity contribution >= 4 is 5.91 Å². The Hall–Kier alpha value is -1.55. The van der Waals surface area contributed by atoms with Crippen molar-refractivity contribution in [2.75, 3.05) is 13.7 Å². The molecule has 1 amide bonds.